The van der Waals surface area contributed by atoms with Crippen molar-refractivity contribution in [2.45, 2.75) is 19.2 Å². The van der Waals surface area contributed by atoms with Crippen molar-refractivity contribution in [2.24, 2.45) is 0 Å². The first-order chi connectivity index (χ1) is 8.60. The molecular formula is C9H5ClF5NO3. The second-order valence-electron chi connectivity index (χ2n) is 3.23. The normalized spacial score (nSPS) is 11.7. The van der Waals surface area contributed by atoms with Gasteiger partial charge in [0, 0.05) is 5.56 Å². The van der Waals surface area contributed by atoms with Gasteiger partial charge in [0.1, 0.15) is 5.69 Å². The standard InChI is InChI=1S/C9H5ClF5NO3/c10-4-2-5(7(11)12)16-8(19-9(13,14)15)3(4)1-6(17)18/h2,7H,1H2,(H,17,18). The Morgan fingerprint density at radius 1 is 1.47 bits per heavy atom. The van der Waals surface area contributed by atoms with Crippen LogP contribution in [0.4, 0.5) is 22.0 Å². The lowest BCUT2D eigenvalue weighted by Crippen LogP contribution is -2.20. The molecule has 4 nitrogen and oxygen atoms in total. The van der Waals surface area contributed by atoms with Crippen LogP contribution < -0.4 is 4.74 Å². The maximum atomic E-state index is 12.4. The van der Waals surface area contributed by atoms with Gasteiger partial charge in [-0.3, -0.25) is 4.79 Å². The van der Waals surface area contributed by atoms with Crippen LogP contribution in [0.25, 0.3) is 0 Å². The summed E-state index contributed by atoms with van der Waals surface area (Å²) in [7, 11) is 0. The van der Waals surface area contributed by atoms with E-state index in [4.69, 9.17) is 16.7 Å². The van der Waals surface area contributed by atoms with Gasteiger partial charge in [0.25, 0.3) is 6.43 Å². The Morgan fingerprint density at radius 3 is 2.47 bits per heavy atom. The molecule has 19 heavy (non-hydrogen) atoms. The minimum Gasteiger partial charge on any atom is -0.481 e. The molecule has 1 aromatic rings. The van der Waals surface area contributed by atoms with Crippen LogP contribution in [-0.4, -0.2) is 22.4 Å². The third-order valence-electron chi connectivity index (χ3n) is 1.82. The van der Waals surface area contributed by atoms with Crippen molar-refractivity contribution in [3.8, 4) is 5.88 Å². The maximum absolute atomic E-state index is 12.4. The van der Waals surface area contributed by atoms with E-state index in [1.54, 1.807) is 0 Å². The lowest BCUT2D eigenvalue weighted by atomic mass is 10.2. The van der Waals surface area contributed by atoms with Gasteiger partial charge in [0.2, 0.25) is 5.88 Å². The monoisotopic (exact) mass is 305 g/mol. The van der Waals surface area contributed by atoms with Crippen molar-refractivity contribution >= 4 is 17.6 Å². The number of carbonyl (C=O) groups is 1. The second-order valence-corrected chi connectivity index (χ2v) is 3.64. The van der Waals surface area contributed by atoms with E-state index in [1.807, 2.05) is 0 Å². The average Bonchev–Trinajstić information content (AvgIpc) is 2.19. The summed E-state index contributed by atoms with van der Waals surface area (Å²) >= 11 is 5.47. The zero-order chi connectivity index (χ0) is 14.8. The molecule has 0 amide bonds. The molecule has 0 aromatic carbocycles. The van der Waals surface area contributed by atoms with Crippen LogP contribution >= 0.6 is 11.6 Å². The van der Waals surface area contributed by atoms with Crippen LogP contribution in [0.2, 0.25) is 5.02 Å². The van der Waals surface area contributed by atoms with E-state index in [-0.39, 0.29) is 0 Å². The minimum atomic E-state index is -5.20. The van der Waals surface area contributed by atoms with E-state index in [0.717, 1.165) is 0 Å². The Balaban J connectivity index is 3.31. The Bertz CT molecular complexity index is 491. The Morgan fingerprint density at radius 2 is 2.05 bits per heavy atom. The van der Waals surface area contributed by atoms with Gasteiger partial charge in [-0.1, -0.05) is 11.6 Å². The molecule has 0 saturated heterocycles. The summed E-state index contributed by atoms with van der Waals surface area (Å²) in [5.74, 6) is -2.81. The van der Waals surface area contributed by atoms with Gasteiger partial charge in [-0.05, 0) is 6.07 Å². The van der Waals surface area contributed by atoms with Crippen molar-refractivity contribution in [1.29, 1.82) is 0 Å². The maximum Gasteiger partial charge on any atom is 0.574 e. The largest absolute Gasteiger partial charge is 0.574 e. The first kappa shape index (κ1) is 15.4. The summed E-state index contributed by atoms with van der Waals surface area (Å²) in [6, 6.07) is 0.591. The Kier molecular flexibility index (Phi) is 4.51. The van der Waals surface area contributed by atoms with E-state index in [0.29, 0.717) is 6.07 Å². The summed E-state index contributed by atoms with van der Waals surface area (Å²) in [6.07, 6.45) is -9.32. The van der Waals surface area contributed by atoms with E-state index >= 15 is 0 Å². The van der Waals surface area contributed by atoms with Gasteiger partial charge in [-0.25, -0.2) is 13.8 Å². The van der Waals surface area contributed by atoms with Crippen molar-refractivity contribution < 1.29 is 36.6 Å². The number of halogens is 6. The number of pyridine rings is 1. The average molecular weight is 306 g/mol. The highest BCUT2D eigenvalue weighted by atomic mass is 35.5. The number of ether oxygens (including phenoxy) is 1. The summed E-state index contributed by atoms with van der Waals surface area (Å²) in [5, 5.41) is 7.93. The van der Waals surface area contributed by atoms with Crippen molar-refractivity contribution in [1.82, 2.24) is 4.98 Å². The molecule has 10 heteroatoms. The number of aromatic nitrogens is 1. The third kappa shape index (κ3) is 4.51. The molecule has 0 unspecified atom stereocenters. The van der Waals surface area contributed by atoms with Crippen LogP contribution in [0.5, 0.6) is 5.88 Å². The van der Waals surface area contributed by atoms with Gasteiger partial charge in [-0.15, -0.1) is 13.2 Å². The number of carboxylic acids is 1. The second kappa shape index (κ2) is 5.55. The molecule has 106 valence electrons. The fourth-order valence-electron chi connectivity index (χ4n) is 1.15. The van der Waals surface area contributed by atoms with Crippen LogP contribution in [-0.2, 0) is 11.2 Å². The molecule has 0 spiro atoms. The fraction of sp³-hybridized carbons (Fsp3) is 0.333. The molecule has 1 aromatic heterocycles. The third-order valence-corrected chi connectivity index (χ3v) is 2.15. The molecule has 0 aliphatic heterocycles. The lowest BCUT2D eigenvalue weighted by molar-refractivity contribution is -0.276. The van der Waals surface area contributed by atoms with Crippen LogP contribution in [0.1, 0.15) is 17.7 Å². The van der Waals surface area contributed by atoms with Gasteiger partial charge in [-0.2, -0.15) is 0 Å². The highest BCUT2D eigenvalue weighted by Crippen LogP contribution is 2.33. The molecule has 0 aliphatic carbocycles. The quantitative estimate of drug-likeness (QED) is 0.868. The summed E-state index contributed by atoms with van der Waals surface area (Å²) in [5.41, 5.74) is -1.67. The number of hydrogen-bond acceptors (Lipinski definition) is 3. The topological polar surface area (TPSA) is 59.4 Å². The molecule has 1 heterocycles. The first-order valence-corrected chi connectivity index (χ1v) is 4.93. The van der Waals surface area contributed by atoms with E-state index in [9.17, 15) is 26.7 Å². The zero-order valence-electron chi connectivity index (χ0n) is 8.84. The van der Waals surface area contributed by atoms with E-state index in [2.05, 4.69) is 9.72 Å². The fourth-order valence-corrected chi connectivity index (χ4v) is 1.41. The number of carboxylic acid groups (broad SMARTS) is 1. The van der Waals surface area contributed by atoms with Crippen LogP contribution in [0, 0.1) is 0 Å². The molecule has 1 N–H and O–H groups in total. The first-order valence-electron chi connectivity index (χ1n) is 4.55. The Hall–Kier alpha value is -1.64. The van der Waals surface area contributed by atoms with Crippen LogP contribution in [0.15, 0.2) is 6.07 Å². The molecule has 0 saturated carbocycles. The van der Waals surface area contributed by atoms with Gasteiger partial charge >= 0.3 is 12.3 Å². The number of hydrogen-bond donors (Lipinski definition) is 1. The van der Waals surface area contributed by atoms with Crippen molar-refractivity contribution in [3.05, 3.63) is 22.3 Å². The predicted molar refractivity (Wildman–Crippen MR) is 52.2 cm³/mol. The van der Waals surface area contributed by atoms with E-state index < -0.39 is 47.3 Å². The molecule has 0 radical (unpaired) electrons. The zero-order valence-corrected chi connectivity index (χ0v) is 9.60. The number of nitrogens with zero attached hydrogens (tertiary/aromatic N) is 1. The molecule has 0 aliphatic rings. The Labute approximate surface area is 107 Å². The summed E-state index contributed by atoms with van der Waals surface area (Å²) in [6.45, 7) is 0. The SMILES string of the molecule is O=C(O)Cc1c(Cl)cc(C(F)F)nc1OC(F)(F)F. The van der Waals surface area contributed by atoms with Crippen LogP contribution in [0.3, 0.4) is 0 Å². The molecule has 0 atom stereocenters. The van der Waals surface area contributed by atoms with Crippen molar-refractivity contribution in [3.63, 3.8) is 0 Å². The van der Waals surface area contributed by atoms with Gasteiger partial charge in [0.05, 0.1) is 11.4 Å². The lowest BCUT2D eigenvalue weighted by Gasteiger charge is -2.14. The summed E-state index contributed by atoms with van der Waals surface area (Å²) in [4.78, 5) is 13.4. The van der Waals surface area contributed by atoms with Gasteiger partial charge in [0.15, 0.2) is 0 Å². The molecule has 0 fully saturated rings. The highest BCUT2D eigenvalue weighted by molar-refractivity contribution is 6.31. The predicted octanol–water partition coefficient (Wildman–Crippen LogP) is 3.20. The number of rotatable bonds is 4. The number of aliphatic carboxylic acids is 1. The van der Waals surface area contributed by atoms with E-state index in [1.165, 1.54) is 0 Å². The minimum absolute atomic E-state index is 0.591. The van der Waals surface area contributed by atoms with Crippen molar-refractivity contribution in [2.75, 3.05) is 0 Å². The molecular weight excluding hydrogens is 301 g/mol. The molecule has 0 bridgehead atoms. The highest BCUT2D eigenvalue weighted by Gasteiger charge is 2.34. The smallest absolute Gasteiger partial charge is 0.481 e. The number of alkyl halides is 5. The molecule has 1 rings (SSSR count). The summed E-state index contributed by atoms with van der Waals surface area (Å²) < 4.78 is 64.4. The van der Waals surface area contributed by atoms with Gasteiger partial charge < -0.3 is 9.84 Å².